The number of carbonyl (C=O) groups is 2. The molecule has 0 spiro atoms. The summed E-state index contributed by atoms with van der Waals surface area (Å²) in [5, 5.41) is 5.19. The molecule has 0 unspecified atom stereocenters. The summed E-state index contributed by atoms with van der Waals surface area (Å²) < 4.78 is 46.4. The van der Waals surface area contributed by atoms with Gasteiger partial charge in [0.25, 0.3) is 5.91 Å². The Hall–Kier alpha value is -2.73. The van der Waals surface area contributed by atoms with Gasteiger partial charge in [-0.3, -0.25) is 14.5 Å². The second kappa shape index (κ2) is 12.5. The zero-order valence-corrected chi connectivity index (χ0v) is 21.4. The molecule has 2 aromatic carbocycles. The number of nitrogens with two attached hydrogens (primary N) is 1. The average molecular weight is 542 g/mol. The number of sulfonamides is 1. The van der Waals surface area contributed by atoms with Crippen molar-refractivity contribution in [1.82, 2.24) is 9.80 Å². The molecule has 1 aliphatic heterocycles. The first-order chi connectivity index (χ1) is 17.0. The lowest BCUT2D eigenvalue weighted by molar-refractivity contribution is -0.138. The minimum absolute atomic E-state index is 0.00734. The molecular formula is C24H29ClFN3O6S. The summed E-state index contributed by atoms with van der Waals surface area (Å²) in [6.45, 7) is 3.75. The summed E-state index contributed by atoms with van der Waals surface area (Å²) >= 11 is 6.01. The number of hydrogen-bond donors (Lipinski definition) is 1. The maximum Gasteiger partial charge on any atom is 0.260 e. The van der Waals surface area contributed by atoms with Gasteiger partial charge in [0.15, 0.2) is 23.9 Å². The van der Waals surface area contributed by atoms with Gasteiger partial charge in [0, 0.05) is 43.3 Å². The molecule has 2 aromatic rings. The SMILES string of the molecule is CC[C@@H]1CN(Cc2ccc(F)cc2)CCN1C(=O)COc1ccc(Cl)cc1OCC(=O)CS(N)(=O)=O. The van der Waals surface area contributed by atoms with Gasteiger partial charge in [-0.2, -0.15) is 0 Å². The minimum Gasteiger partial charge on any atom is -0.482 e. The van der Waals surface area contributed by atoms with Crippen LogP contribution < -0.4 is 14.6 Å². The number of ether oxygens (including phenoxy) is 2. The number of Topliss-reactive ketones (excluding diaryl/α,β-unsaturated/α-hetero) is 1. The van der Waals surface area contributed by atoms with Crippen molar-refractivity contribution in [3.05, 3.63) is 58.9 Å². The first kappa shape index (κ1) is 27.9. The van der Waals surface area contributed by atoms with E-state index in [1.54, 1.807) is 23.1 Å². The molecule has 196 valence electrons. The molecule has 1 heterocycles. The van der Waals surface area contributed by atoms with Gasteiger partial charge in [0.05, 0.1) is 0 Å². The molecule has 0 aromatic heterocycles. The highest BCUT2D eigenvalue weighted by Gasteiger charge is 2.29. The van der Waals surface area contributed by atoms with Crippen molar-refractivity contribution < 1.29 is 31.9 Å². The van der Waals surface area contributed by atoms with Gasteiger partial charge in [0.1, 0.15) is 18.2 Å². The molecule has 2 N–H and O–H groups in total. The third-order valence-corrected chi connectivity index (χ3v) is 6.65. The van der Waals surface area contributed by atoms with Crippen molar-refractivity contribution in [3.8, 4) is 11.5 Å². The van der Waals surface area contributed by atoms with Crippen LogP contribution in [0.2, 0.25) is 5.02 Å². The topological polar surface area (TPSA) is 119 Å². The van der Waals surface area contributed by atoms with Crippen LogP contribution >= 0.6 is 11.6 Å². The highest BCUT2D eigenvalue weighted by atomic mass is 35.5. The Labute approximate surface area is 215 Å². The lowest BCUT2D eigenvalue weighted by atomic mass is 10.1. The van der Waals surface area contributed by atoms with Crippen molar-refractivity contribution >= 4 is 33.3 Å². The van der Waals surface area contributed by atoms with E-state index >= 15 is 0 Å². The molecule has 1 atom stereocenters. The molecule has 1 amide bonds. The van der Waals surface area contributed by atoms with Crippen molar-refractivity contribution in [1.29, 1.82) is 0 Å². The maximum atomic E-state index is 13.2. The van der Waals surface area contributed by atoms with Gasteiger partial charge < -0.3 is 14.4 Å². The molecule has 0 saturated carbocycles. The van der Waals surface area contributed by atoms with E-state index in [4.69, 9.17) is 26.2 Å². The second-order valence-corrected chi connectivity index (χ2v) is 10.6. The van der Waals surface area contributed by atoms with Crippen molar-refractivity contribution in [2.75, 3.05) is 38.6 Å². The molecule has 12 heteroatoms. The Balaban J connectivity index is 1.57. The van der Waals surface area contributed by atoms with E-state index in [1.807, 2.05) is 6.92 Å². The van der Waals surface area contributed by atoms with Crippen LogP contribution in [0, 0.1) is 5.82 Å². The zero-order chi connectivity index (χ0) is 26.3. The van der Waals surface area contributed by atoms with Crippen LogP contribution in [-0.4, -0.2) is 74.6 Å². The van der Waals surface area contributed by atoms with Crippen molar-refractivity contribution in [3.63, 3.8) is 0 Å². The fourth-order valence-electron chi connectivity index (χ4n) is 3.95. The largest absolute Gasteiger partial charge is 0.482 e. The highest BCUT2D eigenvalue weighted by molar-refractivity contribution is 7.89. The quantitative estimate of drug-likeness (QED) is 0.463. The number of benzene rings is 2. The molecule has 1 aliphatic rings. The molecule has 1 saturated heterocycles. The normalized spacial score (nSPS) is 16.6. The van der Waals surface area contributed by atoms with Gasteiger partial charge in [-0.1, -0.05) is 30.7 Å². The Morgan fingerprint density at radius 2 is 1.78 bits per heavy atom. The fourth-order valence-corrected chi connectivity index (χ4v) is 4.64. The lowest BCUT2D eigenvalue weighted by Crippen LogP contribution is -2.55. The minimum atomic E-state index is -3.97. The third-order valence-electron chi connectivity index (χ3n) is 5.69. The Bertz CT molecular complexity index is 1180. The van der Waals surface area contributed by atoms with Crippen LogP contribution in [-0.2, 0) is 26.2 Å². The highest BCUT2D eigenvalue weighted by Crippen LogP contribution is 2.30. The van der Waals surface area contributed by atoms with Crippen molar-refractivity contribution in [2.45, 2.75) is 25.9 Å². The number of hydrogen-bond acceptors (Lipinski definition) is 7. The smallest absolute Gasteiger partial charge is 0.260 e. The number of rotatable bonds is 11. The van der Waals surface area contributed by atoms with Crippen LogP contribution in [0.15, 0.2) is 42.5 Å². The lowest BCUT2D eigenvalue weighted by Gasteiger charge is -2.41. The van der Waals surface area contributed by atoms with Crippen LogP contribution in [0.1, 0.15) is 18.9 Å². The number of carbonyl (C=O) groups excluding carboxylic acids is 2. The Kier molecular flexibility index (Phi) is 9.66. The Morgan fingerprint density at radius 1 is 1.08 bits per heavy atom. The van der Waals surface area contributed by atoms with Crippen LogP contribution in [0.4, 0.5) is 4.39 Å². The van der Waals surface area contributed by atoms with Gasteiger partial charge in [-0.15, -0.1) is 0 Å². The maximum absolute atomic E-state index is 13.2. The van der Waals surface area contributed by atoms with E-state index in [2.05, 4.69) is 4.90 Å². The standard InChI is InChI=1S/C24H29ClFN3O6S/c1-2-20-13-28(12-17-3-6-19(26)7-4-17)9-10-29(20)24(31)15-35-22-8-5-18(25)11-23(22)34-14-21(30)16-36(27,32)33/h3-8,11,20H,2,9-10,12-16H2,1H3,(H2,27,32,33)/t20-/m1/s1. The predicted octanol–water partition coefficient (Wildman–Crippen LogP) is 2.22. The van der Waals surface area contributed by atoms with E-state index < -0.39 is 28.2 Å². The number of nitrogens with zero attached hydrogens (tertiary/aromatic N) is 2. The van der Waals surface area contributed by atoms with Crippen molar-refractivity contribution in [2.24, 2.45) is 5.14 Å². The molecule has 36 heavy (non-hydrogen) atoms. The number of amides is 1. The molecule has 0 aliphatic carbocycles. The average Bonchev–Trinajstić information content (AvgIpc) is 2.82. The third kappa shape index (κ3) is 8.44. The number of halogens is 2. The van der Waals surface area contributed by atoms with E-state index in [0.29, 0.717) is 31.2 Å². The summed E-state index contributed by atoms with van der Waals surface area (Å²) in [6.07, 6.45) is 0.757. The first-order valence-corrected chi connectivity index (χ1v) is 13.5. The summed E-state index contributed by atoms with van der Waals surface area (Å²) in [5.41, 5.74) is 1.01. The van der Waals surface area contributed by atoms with Crippen LogP contribution in [0.5, 0.6) is 11.5 Å². The molecule has 1 fully saturated rings. The molecule has 3 rings (SSSR count). The summed E-state index contributed by atoms with van der Waals surface area (Å²) in [5.74, 6) is -1.76. The van der Waals surface area contributed by atoms with Gasteiger partial charge in [-0.05, 0) is 36.2 Å². The fraction of sp³-hybridized carbons (Fsp3) is 0.417. The molecule has 0 bridgehead atoms. The van der Waals surface area contributed by atoms with Gasteiger partial charge in [-0.25, -0.2) is 17.9 Å². The Morgan fingerprint density at radius 3 is 2.44 bits per heavy atom. The van der Waals surface area contributed by atoms with Gasteiger partial charge in [0.2, 0.25) is 10.0 Å². The van der Waals surface area contributed by atoms with Crippen LogP contribution in [0.25, 0.3) is 0 Å². The summed E-state index contributed by atoms with van der Waals surface area (Å²) in [7, 11) is -3.97. The zero-order valence-electron chi connectivity index (χ0n) is 19.9. The summed E-state index contributed by atoms with van der Waals surface area (Å²) in [6, 6.07) is 10.9. The van der Waals surface area contributed by atoms with Crippen LogP contribution in [0.3, 0.4) is 0 Å². The van der Waals surface area contributed by atoms with Gasteiger partial charge >= 0.3 is 0 Å². The second-order valence-electron chi connectivity index (χ2n) is 8.53. The van der Waals surface area contributed by atoms with E-state index in [-0.39, 0.29) is 35.9 Å². The number of ketones is 1. The predicted molar refractivity (Wildman–Crippen MR) is 133 cm³/mol. The number of piperazine rings is 1. The van der Waals surface area contributed by atoms with E-state index in [0.717, 1.165) is 12.0 Å². The monoisotopic (exact) mass is 541 g/mol. The molecule has 0 radical (unpaired) electrons. The summed E-state index contributed by atoms with van der Waals surface area (Å²) in [4.78, 5) is 28.8. The number of primary sulfonamides is 1. The van der Waals surface area contributed by atoms with E-state index in [1.165, 1.54) is 24.3 Å². The molecule has 9 nitrogen and oxygen atoms in total. The molecular weight excluding hydrogens is 513 g/mol. The van der Waals surface area contributed by atoms with E-state index in [9.17, 15) is 22.4 Å². The first-order valence-electron chi connectivity index (χ1n) is 11.4.